The first-order chi connectivity index (χ1) is 13.9. The molecule has 0 bridgehead atoms. The van der Waals surface area contributed by atoms with Crippen LogP contribution in [0.1, 0.15) is 43.4 Å². The summed E-state index contributed by atoms with van der Waals surface area (Å²) in [4.78, 5) is 27.4. The minimum Gasteiger partial charge on any atom is -0.319 e. The van der Waals surface area contributed by atoms with Gasteiger partial charge in [-0.15, -0.1) is 0 Å². The molecule has 0 unspecified atom stereocenters. The smallest absolute Gasteiger partial charge is 0.253 e. The Labute approximate surface area is 175 Å². The number of benzene rings is 2. The molecule has 2 heterocycles. The van der Waals surface area contributed by atoms with Crippen molar-refractivity contribution in [2.24, 2.45) is 5.92 Å². The number of hydrogen-bond acceptors (Lipinski definition) is 4. The highest BCUT2D eigenvalue weighted by atomic mass is 32.1. The third-order valence-electron chi connectivity index (χ3n) is 5.98. The number of carbonyl (C=O) groups is 1. The Morgan fingerprint density at radius 3 is 2.17 bits per heavy atom. The molecule has 2 saturated heterocycles. The van der Waals surface area contributed by atoms with Gasteiger partial charge in [0.1, 0.15) is 11.6 Å². The summed E-state index contributed by atoms with van der Waals surface area (Å²) in [5, 5.41) is 15.5. The molecule has 0 radical (unpaired) electrons. The van der Waals surface area contributed by atoms with Crippen LogP contribution in [0.15, 0.2) is 60.7 Å². The molecule has 0 aromatic heterocycles. The summed E-state index contributed by atoms with van der Waals surface area (Å²) < 4.78 is 0. The van der Waals surface area contributed by atoms with Gasteiger partial charge in [-0.1, -0.05) is 74.5 Å². The van der Waals surface area contributed by atoms with Crippen molar-refractivity contribution in [3.63, 3.8) is 0 Å². The van der Waals surface area contributed by atoms with Crippen LogP contribution in [0.3, 0.4) is 0 Å². The van der Waals surface area contributed by atoms with Crippen molar-refractivity contribution in [1.29, 1.82) is 0 Å². The zero-order chi connectivity index (χ0) is 20.8. The number of nitrogens with one attached hydrogen (secondary N) is 1. The molecule has 2 aliphatic heterocycles. The average Bonchev–Trinajstić information content (AvgIpc) is 3.12. The summed E-state index contributed by atoms with van der Waals surface area (Å²) in [6.45, 7) is 4.06. The summed E-state index contributed by atoms with van der Waals surface area (Å²) in [6, 6.07) is 17.1. The summed E-state index contributed by atoms with van der Waals surface area (Å²) in [5.74, 6) is -0.709. The van der Waals surface area contributed by atoms with Gasteiger partial charge in [0.25, 0.3) is 5.91 Å². The van der Waals surface area contributed by atoms with Crippen molar-refractivity contribution in [1.82, 2.24) is 10.2 Å². The first kappa shape index (κ1) is 19.5. The molecule has 1 amide bonds. The number of nitro groups is 1. The Balaban J connectivity index is 2.01. The van der Waals surface area contributed by atoms with Gasteiger partial charge in [-0.3, -0.25) is 14.9 Å². The number of hydrogen-bond donors (Lipinski definition) is 1. The fourth-order valence-corrected chi connectivity index (χ4v) is 5.52. The van der Waals surface area contributed by atoms with E-state index in [1.165, 1.54) is 0 Å². The van der Waals surface area contributed by atoms with Crippen LogP contribution >= 0.6 is 12.2 Å². The third kappa shape index (κ3) is 2.92. The average molecular weight is 410 g/mol. The monoisotopic (exact) mass is 409 g/mol. The lowest BCUT2D eigenvalue weighted by molar-refractivity contribution is -0.528. The quantitative estimate of drug-likeness (QED) is 0.463. The van der Waals surface area contributed by atoms with Gasteiger partial charge in [0.05, 0.1) is 5.92 Å². The maximum Gasteiger partial charge on any atom is 0.253 e. The molecule has 29 heavy (non-hydrogen) atoms. The summed E-state index contributed by atoms with van der Waals surface area (Å²) >= 11 is 5.55. The highest BCUT2D eigenvalue weighted by Gasteiger charge is 2.71. The molecule has 1 N–H and O–H groups in total. The topological polar surface area (TPSA) is 75.5 Å². The van der Waals surface area contributed by atoms with E-state index in [4.69, 9.17) is 12.2 Å². The van der Waals surface area contributed by atoms with E-state index >= 15 is 0 Å². The predicted octanol–water partition coefficient (Wildman–Crippen LogP) is 3.67. The second-order valence-corrected chi connectivity index (χ2v) is 8.56. The van der Waals surface area contributed by atoms with Crippen molar-refractivity contribution in [3.05, 3.63) is 81.9 Å². The standard InChI is InChI=1S/C22H23N3O3S/c1-14(2)13-22-17(15-9-5-3-6-10-15)19(25(27)28)18(16-11-7-4-8-12-16)24(22)21(29)23-20(22)26/h3-12,14,17-19H,13H2,1-2H3,(H,23,26,29)/t17-,18+,19-,22+/m1/s1. The van der Waals surface area contributed by atoms with Crippen LogP contribution in [0.4, 0.5) is 0 Å². The number of nitrogens with zero attached hydrogens (tertiary/aromatic N) is 2. The van der Waals surface area contributed by atoms with Crippen molar-refractivity contribution < 1.29 is 9.72 Å². The number of fused-ring (bicyclic) bond motifs is 1. The van der Waals surface area contributed by atoms with Crippen molar-refractivity contribution in [2.45, 2.75) is 43.8 Å². The van der Waals surface area contributed by atoms with Gasteiger partial charge >= 0.3 is 0 Å². The van der Waals surface area contributed by atoms with Crippen LogP contribution in [0, 0.1) is 16.0 Å². The molecule has 2 aromatic rings. The zero-order valence-corrected chi connectivity index (χ0v) is 17.1. The lowest BCUT2D eigenvalue weighted by Crippen LogP contribution is -2.50. The number of amides is 1. The van der Waals surface area contributed by atoms with Crippen LogP contribution in [0.25, 0.3) is 0 Å². The van der Waals surface area contributed by atoms with Crippen LogP contribution in [-0.4, -0.2) is 32.4 Å². The van der Waals surface area contributed by atoms with Gasteiger partial charge in [0, 0.05) is 4.92 Å². The third-order valence-corrected chi connectivity index (χ3v) is 6.28. The van der Waals surface area contributed by atoms with Gasteiger partial charge in [0.15, 0.2) is 5.11 Å². The molecule has 0 aliphatic carbocycles. The van der Waals surface area contributed by atoms with Crippen molar-refractivity contribution in [3.8, 4) is 0 Å². The lowest BCUT2D eigenvalue weighted by atomic mass is 9.73. The van der Waals surface area contributed by atoms with Crippen LogP contribution in [-0.2, 0) is 4.79 Å². The van der Waals surface area contributed by atoms with Crippen LogP contribution in [0.5, 0.6) is 0 Å². The number of rotatable bonds is 5. The Hall–Kier alpha value is -2.80. The molecule has 4 rings (SSSR count). The van der Waals surface area contributed by atoms with Gasteiger partial charge in [0.2, 0.25) is 6.04 Å². The fourth-order valence-electron chi connectivity index (χ4n) is 5.15. The van der Waals surface area contributed by atoms with E-state index in [0.717, 1.165) is 11.1 Å². The molecule has 6 nitrogen and oxygen atoms in total. The van der Waals surface area contributed by atoms with E-state index < -0.39 is 23.5 Å². The van der Waals surface area contributed by atoms with Crippen molar-refractivity contribution in [2.75, 3.05) is 0 Å². The summed E-state index contributed by atoms with van der Waals surface area (Å²) in [5.41, 5.74) is 0.489. The second-order valence-electron chi connectivity index (χ2n) is 8.17. The number of carbonyl (C=O) groups excluding carboxylic acids is 1. The zero-order valence-electron chi connectivity index (χ0n) is 16.3. The molecule has 0 saturated carbocycles. The van der Waals surface area contributed by atoms with Gasteiger partial charge in [-0.25, -0.2) is 0 Å². The molecule has 150 valence electrons. The van der Waals surface area contributed by atoms with E-state index in [1.54, 1.807) is 0 Å². The van der Waals surface area contributed by atoms with E-state index in [9.17, 15) is 14.9 Å². The SMILES string of the molecule is CC(C)C[C@]12C(=O)NC(=S)N1[C@@H](c1ccccc1)[C@H]([N+](=O)[O-])[C@H]2c1ccccc1. The van der Waals surface area contributed by atoms with Crippen LogP contribution in [0.2, 0.25) is 0 Å². The fraction of sp³-hybridized carbons (Fsp3) is 0.364. The molecule has 2 aliphatic rings. The first-order valence-electron chi connectivity index (χ1n) is 9.76. The van der Waals surface area contributed by atoms with E-state index in [-0.39, 0.29) is 21.9 Å². The Morgan fingerprint density at radius 1 is 1.10 bits per heavy atom. The number of thiocarbonyl (C=S) groups is 1. The van der Waals surface area contributed by atoms with Crippen molar-refractivity contribution >= 4 is 23.2 Å². The first-order valence-corrected chi connectivity index (χ1v) is 10.2. The van der Waals surface area contributed by atoms with E-state index in [1.807, 2.05) is 79.4 Å². The van der Waals surface area contributed by atoms with Gasteiger partial charge in [-0.2, -0.15) is 0 Å². The molecule has 2 fully saturated rings. The predicted molar refractivity (Wildman–Crippen MR) is 114 cm³/mol. The molecule has 2 aromatic carbocycles. The van der Waals surface area contributed by atoms with Gasteiger partial charge in [-0.05, 0) is 35.7 Å². The Morgan fingerprint density at radius 2 is 1.66 bits per heavy atom. The van der Waals surface area contributed by atoms with Gasteiger partial charge < -0.3 is 10.2 Å². The highest BCUT2D eigenvalue weighted by molar-refractivity contribution is 7.80. The maximum atomic E-state index is 13.4. The largest absolute Gasteiger partial charge is 0.319 e. The Kier molecular flexibility index (Phi) is 4.86. The summed E-state index contributed by atoms with van der Waals surface area (Å²) in [6.07, 6.45) is 0.478. The molecule has 4 atom stereocenters. The summed E-state index contributed by atoms with van der Waals surface area (Å²) in [7, 11) is 0. The van der Waals surface area contributed by atoms with E-state index in [2.05, 4.69) is 5.32 Å². The second kappa shape index (κ2) is 7.22. The lowest BCUT2D eigenvalue weighted by Gasteiger charge is -2.36. The molecular formula is C22H23N3O3S. The molecule has 7 heteroatoms. The highest BCUT2D eigenvalue weighted by Crippen LogP contribution is 2.57. The van der Waals surface area contributed by atoms with Crippen LogP contribution < -0.4 is 5.32 Å². The minimum absolute atomic E-state index is 0.150. The molecular weight excluding hydrogens is 386 g/mol. The minimum atomic E-state index is -1.09. The Bertz CT molecular complexity index is 950. The maximum absolute atomic E-state index is 13.4. The molecule has 0 spiro atoms. The normalized spacial score (nSPS) is 28.5. The van der Waals surface area contributed by atoms with E-state index in [0.29, 0.717) is 6.42 Å².